The van der Waals surface area contributed by atoms with Crippen molar-refractivity contribution in [3.63, 3.8) is 0 Å². The molecule has 2 aromatic rings. The van der Waals surface area contributed by atoms with Crippen LogP contribution in [-0.4, -0.2) is 29.9 Å². The van der Waals surface area contributed by atoms with Gasteiger partial charge in [-0.1, -0.05) is 5.16 Å². The molecule has 0 spiro atoms. The summed E-state index contributed by atoms with van der Waals surface area (Å²) < 4.78 is 31.6. The summed E-state index contributed by atoms with van der Waals surface area (Å²) in [7, 11) is -2.10. The van der Waals surface area contributed by atoms with E-state index in [1.807, 2.05) is 6.92 Å². The van der Waals surface area contributed by atoms with Gasteiger partial charge in [0.15, 0.2) is 5.76 Å². The maximum Gasteiger partial charge on any atom is 0.248 e. The second kappa shape index (κ2) is 5.34. The zero-order valence-electron chi connectivity index (χ0n) is 11.9. The van der Waals surface area contributed by atoms with Crippen LogP contribution in [0.3, 0.4) is 0 Å². The second-order valence-electron chi connectivity index (χ2n) is 4.63. The van der Waals surface area contributed by atoms with Gasteiger partial charge in [-0.2, -0.15) is 4.31 Å². The topological polar surface area (TPSA) is 76.3 Å². The summed E-state index contributed by atoms with van der Waals surface area (Å²) in [6.45, 7) is 5.04. The predicted octanol–water partition coefficient (Wildman–Crippen LogP) is 2.07. The molecule has 0 bridgehead atoms. The lowest BCUT2D eigenvalue weighted by atomic mass is 10.1. The average molecular weight is 295 g/mol. The summed E-state index contributed by atoms with van der Waals surface area (Å²) in [6.07, 6.45) is 3.28. The van der Waals surface area contributed by atoms with Gasteiger partial charge >= 0.3 is 0 Å². The first-order valence-electron chi connectivity index (χ1n) is 6.16. The van der Waals surface area contributed by atoms with Gasteiger partial charge in [-0.3, -0.25) is 4.98 Å². The fraction of sp³-hybridized carbons (Fsp3) is 0.385. The third kappa shape index (κ3) is 2.46. The zero-order valence-corrected chi connectivity index (χ0v) is 12.7. The van der Waals surface area contributed by atoms with Crippen LogP contribution < -0.4 is 0 Å². The Labute approximate surface area is 118 Å². The highest BCUT2D eigenvalue weighted by atomic mass is 32.2. The van der Waals surface area contributed by atoms with E-state index < -0.39 is 10.0 Å². The summed E-state index contributed by atoms with van der Waals surface area (Å²) in [4.78, 5) is 4.07. The van der Waals surface area contributed by atoms with Crippen LogP contribution in [-0.2, 0) is 10.0 Å². The highest BCUT2D eigenvalue weighted by Crippen LogP contribution is 2.28. The van der Waals surface area contributed by atoms with Gasteiger partial charge < -0.3 is 4.52 Å². The first kappa shape index (κ1) is 14.7. The first-order chi connectivity index (χ1) is 9.35. The van der Waals surface area contributed by atoms with E-state index in [-0.39, 0.29) is 10.9 Å². The smallest absolute Gasteiger partial charge is 0.248 e. The largest absolute Gasteiger partial charge is 0.360 e. The number of sulfonamides is 1. The maximum absolute atomic E-state index is 12.7. The van der Waals surface area contributed by atoms with Crippen molar-refractivity contribution < 1.29 is 12.9 Å². The quantitative estimate of drug-likeness (QED) is 0.863. The van der Waals surface area contributed by atoms with Gasteiger partial charge in [0.2, 0.25) is 10.0 Å². The number of nitrogens with zero attached hydrogens (tertiary/aromatic N) is 3. The van der Waals surface area contributed by atoms with Gasteiger partial charge in [0, 0.05) is 25.5 Å². The minimum absolute atomic E-state index is 0.140. The van der Waals surface area contributed by atoms with Crippen molar-refractivity contribution in [2.24, 2.45) is 0 Å². The molecule has 2 heterocycles. The van der Waals surface area contributed by atoms with Gasteiger partial charge in [0.1, 0.15) is 10.6 Å². The number of pyridine rings is 1. The number of rotatable bonds is 4. The van der Waals surface area contributed by atoms with E-state index in [2.05, 4.69) is 10.1 Å². The van der Waals surface area contributed by atoms with Crippen LogP contribution in [0.5, 0.6) is 0 Å². The standard InChI is InChI=1S/C13H17N3O3S/c1-9-13(11(3)19-15-9)20(17,18)16(4)10(2)12-5-7-14-8-6-12/h5-8,10H,1-4H3/t10-/m0/s1. The van der Waals surface area contributed by atoms with Crippen LogP contribution in [0.2, 0.25) is 0 Å². The molecule has 0 amide bonds. The third-order valence-corrected chi connectivity index (χ3v) is 5.51. The number of aryl methyl sites for hydroxylation is 2. The summed E-state index contributed by atoms with van der Waals surface area (Å²) in [5.41, 5.74) is 1.24. The van der Waals surface area contributed by atoms with Crippen LogP contribution in [0.4, 0.5) is 0 Å². The van der Waals surface area contributed by atoms with Gasteiger partial charge in [-0.25, -0.2) is 8.42 Å². The molecule has 108 valence electrons. The maximum atomic E-state index is 12.7. The SMILES string of the molecule is Cc1noc(C)c1S(=O)(=O)N(C)[C@@H](C)c1ccncc1. The van der Waals surface area contributed by atoms with E-state index in [1.54, 1.807) is 45.4 Å². The molecule has 0 aromatic carbocycles. The Morgan fingerprint density at radius 1 is 1.25 bits per heavy atom. The van der Waals surface area contributed by atoms with Gasteiger partial charge in [-0.15, -0.1) is 0 Å². The van der Waals surface area contributed by atoms with Crippen molar-refractivity contribution in [3.05, 3.63) is 41.5 Å². The predicted molar refractivity (Wildman–Crippen MR) is 73.6 cm³/mol. The summed E-state index contributed by atoms with van der Waals surface area (Å²) in [5, 5.41) is 3.71. The third-order valence-electron chi connectivity index (χ3n) is 3.34. The van der Waals surface area contributed by atoms with Gasteiger partial charge in [-0.05, 0) is 38.5 Å². The monoisotopic (exact) mass is 295 g/mol. The summed E-state index contributed by atoms with van der Waals surface area (Å²) in [6, 6.07) is 3.28. The Hall–Kier alpha value is -1.73. The number of hydrogen-bond acceptors (Lipinski definition) is 5. The van der Waals surface area contributed by atoms with Gasteiger partial charge in [0.05, 0.1) is 0 Å². The van der Waals surface area contributed by atoms with E-state index in [1.165, 1.54) is 4.31 Å². The lowest BCUT2D eigenvalue weighted by Gasteiger charge is -2.24. The molecule has 0 saturated carbocycles. The molecule has 0 N–H and O–H groups in total. The highest BCUT2D eigenvalue weighted by Gasteiger charge is 2.31. The van der Waals surface area contributed by atoms with E-state index in [4.69, 9.17) is 4.52 Å². The molecule has 6 nitrogen and oxygen atoms in total. The lowest BCUT2D eigenvalue weighted by molar-refractivity contribution is 0.384. The van der Waals surface area contributed by atoms with Crippen molar-refractivity contribution >= 4 is 10.0 Å². The molecule has 2 rings (SSSR count). The van der Waals surface area contributed by atoms with E-state index in [9.17, 15) is 8.42 Å². The minimum Gasteiger partial charge on any atom is -0.360 e. The van der Waals surface area contributed by atoms with E-state index in [0.717, 1.165) is 5.56 Å². The van der Waals surface area contributed by atoms with Crippen LogP contribution in [0.25, 0.3) is 0 Å². The van der Waals surface area contributed by atoms with Crippen LogP contribution in [0, 0.1) is 13.8 Å². The van der Waals surface area contributed by atoms with Crippen molar-refractivity contribution in [1.29, 1.82) is 0 Å². The molecule has 0 radical (unpaired) electrons. The molecule has 0 fully saturated rings. The second-order valence-corrected chi connectivity index (χ2v) is 6.57. The molecule has 20 heavy (non-hydrogen) atoms. The molecule has 0 aliphatic rings. The van der Waals surface area contributed by atoms with Crippen LogP contribution >= 0.6 is 0 Å². The molecule has 0 aliphatic carbocycles. The molecule has 1 atom stereocenters. The van der Waals surface area contributed by atoms with E-state index in [0.29, 0.717) is 11.5 Å². The summed E-state index contributed by atoms with van der Waals surface area (Å²) in [5.74, 6) is 0.302. The van der Waals surface area contributed by atoms with E-state index >= 15 is 0 Å². The average Bonchev–Trinajstić information content (AvgIpc) is 2.78. The molecule has 0 unspecified atom stereocenters. The Balaban J connectivity index is 2.40. The Morgan fingerprint density at radius 3 is 2.35 bits per heavy atom. The molecule has 2 aromatic heterocycles. The molecular weight excluding hydrogens is 278 g/mol. The summed E-state index contributed by atoms with van der Waals surface area (Å²) >= 11 is 0. The Kier molecular flexibility index (Phi) is 3.92. The fourth-order valence-corrected chi connectivity index (χ4v) is 3.68. The van der Waals surface area contributed by atoms with Crippen molar-refractivity contribution in [1.82, 2.24) is 14.4 Å². The van der Waals surface area contributed by atoms with Crippen LogP contribution in [0.15, 0.2) is 33.9 Å². The van der Waals surface area contributed by atoms with Crippen molar-refractivity contribution in [3.8, 4) is 0 Å². The van der Waals surface area contributed by atoms with Crippen molar-refractivity contribution in [2.75, 3.05) is 7.05 Å². The van der Waals surface area contributed by atoms with Crippen molar-refractivity contribution in [2.45, 2.75) is 31.7 Å². The molecular formula is C13H17N3O3S. The molecule has 7 heteroatoms. The highest BCUT2D eigenvalue weighted by molar-refractivity contribution is 7.89. The lowest BCUT2D eigenvalue weighted by Crippen LogP contribution is -2.30. The zero-order chi connectivity index (χ0) is 14.9. The number of hydrogen-bond donors (Lipinski definition) is 0. The molecule has 0 saturated heterocycles. The molecule has 0 aliphatic heterocycles. The fourth-order valence-electron chi connectivity index (χ4n) is 2.05. The Bertz CT molecular complexity index is 675. The first-order valence-corrected chi connectivity index (χ1v) is 7.60. The number of aromatic nitrogens is 2. The van der Waals surface area contributed by atoms with Crippen LogP contribution in [0.1, 0.15) is 30.0 Å². The normalized spacial score (nSPS) is 13.7. The Morgan fingerprint density at radius 2 is 1.85 bits per heavy atom. The van der Waals surface area contributed by atoms with Gasteiger partial charge in [0.25, 0.3) is 0 Å². The minimum atomic E-state index is -3.65.